The predicted molar refractivity (Wildman–Crippen MR) is 156 cm³/mol. The average Bonchev–Trinajstić information content (AvgIpc) is 2.92. The second-order valence-corrected chi connectivity index (χ2v) is 10.7. The molecule has 0 fully saturated rings. The molecule has 0 saturated carbocycles. The monoisotopic (exact) mass is 597 g/mol. The Hall–Kier alpha value is -1.09. The molecule has 1 aliphatic heterocycles. The van der Waals surface area contributed by atoms with E-state index in [2.05, 4.69) is 78.4 Å². The molecule has 2 aromatic rings. The summed E-state index contributed by atoms with van der Waals surface area (Å²) < 4.78 is 35.7. The zero-order valence-corrected chi connectivity index (χ0v) is 29.3. The third-order valence-electron chi connectivity index (χ3n) is 7.16. The molecule has 1 heterocycles. The molecule has 0 unspecified atom stereocenters. The summed E-state index contributed by atoms with van der Waals surface area (Å²) in [4.78, 5) is 0. The summed E-state index contributed by atoms with van der Waals surface area (Å²) in [6.45, 7) is 16.9. The molecule has 0 bridgehead atoms. The summed E-state index contributed by atoms with van der Waals surface area (Å²) in [5, 5.41) is 8.47. The Morgan fingerprint density at radius 3 is 1.23 bits per heavy atom. The van der Waals surface area contributed by atoms with Crippen molar-refractivity contribution < 1.29 is 79.8 Å². The van der Waals surface area contributed by atoms with E-state index in [1.165, 1.54) is 16.5 Å². The average molecular weight is 598 g/mol. The van der Waals surface area contributed by atoms with Gasteiger partial charge in [-0.3, -0.25) is 0 Å². The molecule has 9 heteroatoms. The maximum Gasteiger partial charge on any atom is 1.00 e. The fourth-order valence-corrected chi connectivity index (χ4v) is 3.78. The topological polar surface area (TPSA) is 79.2 Å². The number of nitriles is 1. The molecule has 0 amide bonds. The maximum atomic E-state index is 7.13. The molecular formula is C31H44KNO6S. The van der Waals surface area contributed by atoms with Crippen molar-refractivity contribution in [3.63, 3.8) is 0 Å². The van der Waals surface area contributed by atoms with Gasteiger partial charge in [0.05, 0.1) is 26.4 Å². The minimum Gasteiger partial charge on any atom is -0.696 e. The Morgan fingerprint density at radius 1 is 0.625 bits per heavy atom. The van der Waals surface area contributed by atoms with Crippen LogP contribution in [0.5, 0.6) is 23.0 Å². The van der Waals surface area contributed by atoms with Gasteiger partial charge in [0.15, 0.2) is 23.0 Å². The number of fused-ring (bicyclic) bond motifs is 2. The van der Waals surface area contributed by atoms with Gasteiger partial charge in [0.2, 0.25) is 0 Å². The van der Waals surface area contributed by atoms with Gasteiger partial charge in [-0.2, -0.15) is 0 Å². The van der Waals surface area contributed by atoms with E-state index in [-0.39, 0.29) is 62.2 Å². The van der Waals surface area contributed by atoms with Crippen molar-refractivity contribution in [2.24, 2.45) is 0 Å². The van der Waals surface area contributed by atoms with Gasteiger partial charge in [0, 0.05) is 0 Å². The van der Waals surface area contributed by atoms with Gasteiger partial charge in [-0.1, -0.05) is 59.1 Å². The van der Waals surface area contributed by atoms with Crippen LogP contribution in [0, 0.1) is 10.7 Å². The van der Waals surface area contributed by atoms with Crippen LogP contribution >= 0.6 is 0 Å². The standard InChI is InChI=1S/C30H44O6.CHNS.K/c1-7-29(3,4)23-9-11-25-27(21-23)35-19-15-31-14-18-34-26-12-10-24(30(5,6)8-2)22-28(26)36-20-16-32-13-17-33-25;2-1-3;/h9-12,21-22H,7-8,13-20H2,1-6H3;3H;/q;;+1/p-1. The maximum absolute atomic E-state index is 7.13. The van der Waals surface area contributed by atoms with Crippen LogP contribution in [0.2, 0.25) is 0 Å². The van der Waals surface area contributed by atoms with Gasteiger partial charge >= 0.3 is 51.4 Å². The largest absolute Gasteiger partial charge is 1.00 e. The summed E-state index contributed by atoms with van der Waals surface area (Å²) in [6.07, 6.45) is 2.07. The third-order valence-corrected chi connectivity index (χ3v) is 7.16. The number of rotatable bonds is 4. The molecule has 40 heavy (non-hydrogen) atoms. The summed E-state index contributed by atoms with van der Waals surface area (Å²) in [7, 11) is 0. The Bertz CT molecular complexity index is 979. The Morgan fingerprint density at radius 2 is 0.925 bits per heavy atom. The smallest absolute Gasteiger partial charge is 0.696 e. The van der Waals surface area contributed by atoms with E-state index in [4.69, 9.17) is 33.7 Å². The quantitative estimate of drug-likeness (QED) is 0.302. The van der Waals surface area contributed by atoms with E-state index < -0.39 is 0 Å². The summed E-state index contributed by atoms with van der Waals surface area (Å²) in [6, 6.07) is 12.4. The van der Waals surface area contributed by atoms with E-state index in [0.29, 0.717) is 52.9 Å². The Kier molecular flexibility index (Phi) is 17.7. The van der Waals surface area contributed by atoms with Crippen molar-refractivity contribution in [1.82, 2.24) is 0 Å². The minimum atomic E-state index is 0. The van der Waals surface area contributed by atoms with Gasteiger partial charge in [0.1, 0.15) is 26.4 Å². The molecule has 3 rings (SSSR count). The van der Waals surface area contributed by atoms with Crippen LogP contribution in [-0.4, -0.2) is 52.9 Å². The van der Waals surface area contributed by atoms with Gasteiger partial charge in [-0.05, 0) is 59.1 Å². The molecule has 0 radical (unpaired) electrons. The van der Waals surface area contributed by atoms with Crippen LogP contribution in [0.25, 0.3) is 0 Å². The van der Waals surface area contributed by atoms with E-state index in [0.717, 1.165) is 35.8 Å². The molecule has 0 aliphatic carbocycles. The Balaban J connectivity index is 0.00000191. The first-order chi connectivity index (χ1) is 18.7. The normalized spacial score (nSPS) is 15.1. The molecule has 0 spiro atoms. The molecule has 1 aliphatic rings. The van der Waals surface area contributed by atoms with E-state index in [1.54, 1.807) is 0 Å². The van der Waals surface area contributed by atoms with Crippen LogP contribution in [0.4, 0.5) is 0 Å². The van der Waals surface area contributed by atoms with Crippen LogP contribution in [0.1, 0.15) is 65.5 Å². The molecule has 0 atom stereocenters. The first kappa shape index (κ1) is 36.9. The molecule has 2 aromatic carbocycles. The molecule has 216 valence electrons. The molecule has 0 saturated heterocycles. The van der Waals surface area contributed by atoms with Crippen LogP contribution in [-0.2, 0) is 32.9 Å². The van der Waals surface area contributed by atoms with Crippen molar-refractivity contribution >= 4 is 12.6 Å². The van der Waals surface area contributed by atoms with Crippen LogP contribution in [0.15, 0.2) is 36.4 Å². The van der Waals surface area contributed by atoms with Crippen LogP contribution < -0.4 is 70.3 Å². The Labute approximate surface area is 289 Å². The fraction of sp³-hybridized carbons (Fsp3) is 0.581. The number of hydrogen-bond acceptors (Lipinski definition) is 8. The van der Waals surface area contributed by atoms with Crippen molar-refractivity contribution in [1.29, 1.82) is 5.26 Å². The van der Waals surface area contributed by atoms with Crippen molar-refractivity contribution in [3.8, 4) is 28.4 Å². The molecular weight excluding hydrogens is 554 g/mol. The van der Waals surface area contributed by atoms with Crippen LogP contribution in [0.3, 0.4) is 0 Å². The van der Waals surface area contributed by atoms with Gasteiger partial charge in [0.25, 0.3) is 0 Å². The summed E-state index contributed by atoms with van der Waals surface area (Å²) >= 11 is 3.70. The van der Waals surface area contributed by atoms with Crippen molar-refractivity contribution in [3.05, 3.63) is 47.5 Å². The SMILES string of the molecule is CCC(C)(C)c1ccc2c(c1)OCCOCCOc1ccc(C(C)(C)CC)cc1OCCOCCO2.N#C[S-].[K+]. The zero-order valence-electron chi connectivity index (χ0n) is 25.3. The minimum absolute atomic E-state index is 0. The number of ether oxygens (including phenoxy) is 6. The summed E-state index contributed by atoms with van der Waals surface area (Å²) in [5.41, 5.74) is 2.57. The summed E-state index contributed by atoms with van der Waals surface area (Å²) in [5.74, 6) is 2.90. The van der Waals surface area contributed by atoms with E-state index in [9.17, 15) is 0 Å². The second kappa shape index (κ2) is 19.2. The molecule has 0 aromatic heterocycles. The fourth-order valence-electron chi connectivity index (χ4n) is 3.78. The second-order valence-electron chi connectivity index (χ2n) is 10.5. The first-order valence-electron chi connectivity index (χ1n) is 13.7. The number of benzene rings is 2. The first-order valence-corrected chi connectivity index (χ1v) is 14.1. The number of hydrogen-bond donors (Lipinski definition) is 0. The van der Waals surface area contributed by atoms with Gasteiger partial charge in [-0.15, -0.1) is 0 Å². The van der Waals surface area contributed by atoms with E-state index in [1.807, 2.05) is 12.1 Å². The third kappa shape index (κ3) is 12.0. The van der Waals surface area contributed by atoms with Gasteiger partial charge < -0.3 is 41.0 Å². The zero-order chi connectivity index (χ0) is 28.7. The number of thiocyanates is 1. The molecule has 0 N–H and O–H groups in total. The van der Waals surface area contributed by atoms with E-state index >= 15 is 0 Å². The van der Waals surface area contributed by atoms with Crippen molar-refractivity contribution in [2.75, 3.05) is 52.9 Å². The van der Waals surface area contributed by atoms with Crippen molar-refractivity contribution in [2.45, 2.75) is 65.2 Å². The molecule has 7 nitrogen and oxygen atoms in total. The predicted octanol–water partition coefficient (Wildman–Crippen LogP) is 3.34. The van der Waals surface area contributed by atoms with Gasteiger partial charge in [-0.25, -0.2) is 5.26 Å². The number of nitrogens with zero attached hydrogens (tertiary/aromatic N) is 1.